The average Bonchev–Trinajstić information content (AvgIpc) is 2.92. The van der Waals surface area contributed by atoms with Gasteiger partial charge < -0.3 is 0 Å². The number of rotatable bonds is 3. The van der Waals surface area contributed by atoms with Crippen LogP contribution < -0.4 is 11.3 Å². The van der Waals surface area contributed by atoms with Crippen molar-refractivity contribution in [3.8, 4) is 0 Å². The van der Waals surface area contributed by atoms with Crippen molar-refractivity contribution in [2.45, 2.75) is 23.8 Å². The van der Waals surface area contributed by atoms with Gasteiger partial charge in [-0.15, -0.1) is 11.8 Å². The zero-order valence-electron chi connectivity index (χ0n) is 11.6. The van der Waals surface area contributed by atoms with E-state index in [1.54, 1.807) is 30.8 Å². The maximum Gasteiger partial charge on any atom is 0.163 e. The van der Waals surface area contributed by atoms with E-state index >= 15 is 0 Å². The van der Waals surface area contributed by atoms with Gasteiger partial charge in [0.1, 0.15) is 0 Å². The monoisotopic (exact) mass is 306 g/mol. The Labute approximate surface area is 126 Å². The van der Waals surface area contributed by atoms with Gasteiger partial charge in [0, 0.05) is 22.1 Å². The van der Waals surface area contributed by atoms with Crippen LogP contribution in [0.5, 0.6) is 0 Å². The van der Waals surface area contributed by atoms with Crippen molar-refractivity contribution in [2.24, 2.45) is 5.84 Å². The molecule has 1 heterocycles. The lowest BCUT2D eigenvalue weighted by Gasteiger charge is -2.24. The van der Waals surface area contributed by atoms with Gasteiger partial charge in [-0.2, -0.15) is 0 Å². The van der Waals surface area contributed by atoms with Gasteiger partial charge in [-0.1, -0.05) is 30.3 Å². The van der Waals surface area contributed by atoms with Crippen LogP contribution in [0.4, 0.5) is 8.78 Å². The molecule has 5 heteroatoms. The molecular formula is C16H16F2N2S. The Morgan fingerprint density at radius 3 is 2.71 bits per heavy atom. The van der Waals surface area contributed by atoms with Crippen LogP contribution in [0.15, 0.2) is 41.3 Å². The van der Waals surface area contributed by atoms with E-state index in [9.17, 15) is 8.78 Å². The highest BCUT2D eigenvalue weighted by Crippen LogP contribution is 2.45. The second-order valence-corrected chi connectivity index (χ2v) is 6.26. The van der Waals surface area contributed by atoms with E-state index in [2.05, 4.69) is 5.43 Å². The number of hydrogen-bond donors (Lipinski definition) is 2. The molecule has 3 N–H and O–H groups in total. The molecule has 3 rings (SSSR count). The molecule has 0 saturated carbocycles. The Bertz CT molecular complexity index is 675. The van der Waals surface area contributed by atoms with Crippen LogP contribution in [0.1, 0.15) is 28.7 Å². The van der Waals surface area contributed by atoms with Crippen LogP contribution in [0.25, 0.3) is 0 Å². The second-order valence-electron chi connectivity index (χ2n) is 5.20. The standard InChI is InChI=1S/C16H16F2N2S/c1-9-6-7-11(15(18)14(9)17)16(20-19)12-8-21-13-5-3-2-4-10(12)13/h2-7,12,16,20H,8,19H2,1H3. The van der Waals surface area contributed by atoms with Gasteiger partial charge in [0.15, 0.2) is 11.6 Å². The van der Waals surface area contributed by atoms with Crippen molar-refractivity contribution in [3.05, 3.63) is 64.7 Å². The van der Waals surface area contributed by atoms with Crippen molar-refractivity contribution >= 4 is 11.8 Å². The van der Waals surface area contributed by atoms with E-state index in [0.717, 1.165) is 11.3 Å². The molecule has 0 fully saturated rings. The summed E-state index contributed by atoms with van der Waals surface area (Å²) in [6, 6.07) is 10.8. The molecule has 110 valence electrons. The van der Waals surface area contributed by atoms with Gasteiger partial charge in [0.25, 0.3) is 0 Å². The molecule has 0 aliphatic carbocycles. The molecule has 0 spiro atoms. The van der Waals surface area contributed by atoms with Crippen molar-refractivity contribution in [1.29, 1.82) is 0 Å². The number of hydrogen-bond acceptors (Lipinski definition) is 3. The van der Waals surface area contributed by atoms with E-state index in [0.29, 0.717) is 5.56 Å². The van der Waals surface area contributed by atoms with Crippen LogP contribution >= 0.6 is 11.8 Å². The predicted octanol–water partition coefficient (Wildman–Crippen LogP) is 3.67. The number of halogens is 2. The average molecular weight is 306 g/mol. The predicted molar refractivity (Wildman–Crippen MR) is 81.1 cm³/mol. The molecule has 2 nitrogen and oxygen atoms in total. The third-order valence-corrected chi connectivity index (χ3v) is 5.17. The van der Waals surface area contributed by atoms with Crippen molar-refractivity contribution in [1.82, 2.24) is 5.43 Å². The first-order valence-corrected chi connectivity index (χ1v) is 7.74. The number of fused-ring (bicyclic) bond motifs is 1. The minimum atomic E-state index is -0.813. The molecule has 0 amide bonds. The molecule has 0 saturated heterocycles. The quantitative estimate of drug-likeness (QED) is 0.671. The first kappa shape index (κ1) is 14.5. The summed E-state index contributed by atoms with van der Waals surface area (Å²) in [7, 11) is 0. The van der Waals surface area contributed by atoms with Gasteiger partial charge in [0.05, 0.1) is 6.04 Å². The van der Waals surface area contributed by atoms with E-state index in [-0.39, 0.29) is 11.5 Å². The maximum atomic E-state index is 14.3. The Morgan fingerprint density at radius 1 is 1.19 bits per heavy atom. The van der Waals surface area contributed by atoms with Crippen LogP contribution in [0.3, 0.4) is 0 Å². The Balaban J connectivity index is 2.03. The zero-order chi connectivity index (χ0) is 15.0. The Kier molecular flexibility index (Phi) is 3.97. The molecule has 0 radical (unpaired) electrons. The van der Waals surface area contributed by atoms with Crippen molar-refractivity contribution in [3.63, 3.8) is 0 Å². The topological polar surface area (TPSA) is 38.0 Å². The molecule has 2 unspecified atom stereocenters. The van der Waals surface area contributed by atoms with E-state index in [1.165, 1.54) is 4.90 Å². The summed E-state index contributed by atoms with van der Waals surface area (Å²) in [5, 5.41) is 0. The first-order chi connectivity index (χ1) is 10.1. The van der Waals surface area contributed by atoms with Gasteiger partial charge in [0.2, 0.25) is 0 Å². The SMILES string of the molecule is Cc1ccc(C(NN)C2CSc3ccccc32)c(F)c1F. The van der Waals surface area contributed by atoms with Crippen LogP contribution in [-0.2, 0) is 0 Å². The molecule has 2 aromatic rings. The summed E-state index contributed by atoms with van der Waals surface area (Å²) < 4.78 is 28.1. The van der Waals surface area contributed by atoms with Gasteiger partial charge in [-0.25, -0.2) is 8.78 Å². The fourth-order valence-corrected chi connectivity index (χ4v) is 4.08. The summed E-state index contributed by atoms with van der Waals surface area (Å²) in [5.41, 5.74) is 4.38. The lowest BCUT2D eigenvalue weighted by Crippen LogP contribution is -2.33. The number of nitrogens with one attached hydrogen (secondary N) is 1. The molecular weight excluding hydrogens is 290 g/mol. The highest BCUT2D eigenvalue weighted by atomic mass is 32.2. The van der Waals surface area contributed by atoms with Crippen LogP contribution in [0, 0.1) is 18.6 Å². The van der Waals surface area contributed by atoms with Gasteiger partial charge >= 0.3 is 0 Å². The summed E-state index contributed by atoms with van der Waals surface area (Å²) in [6.07, 6.45) is 0. The minimum Gasteiger partial charge on any atom is -0.271 e. The second kappa shape index (κ2) is 5.75. The number of thioether (sulfide) groups is 1. The highest BCUT2D eigenvalue weighted by molar-refractivity contribution is 7.99. The smallest absolute Gasteiger partial charge is 0.163 e. The third-order valence-electron chi connectivity index (χ3n) is 3.96. The summed E-state index contributed by atoms with van der Waals surface area (Å²) in [6.45, 7) is 1.55. The number of hydrazine groups is 1. The number of benzene rings is 2. The fourth-order valence-electron chi connectivity index (χ4n) is 2.79. The Hall–Kier alpha value is -1.43. The van der Waals surface area contributed by atoms with Crippen molar-refractivity contribution < 1.29 is 8.78 Å². The molecule has 0 aromatic heterocycles. The van der Waals surface area contributed by atoms with Gasteiger partial charge in [-0.3, -0.25) is 11.3 Å². The molecule has 21 heavy (non-hydrogen) atoms. The van der Waals surface area contributed by atoms with Crippen molar-refractivity contribution in [2.75, 3.05) is 5.75 Å². The van der Waals surface area contributed by atoms with Gasteiger partial charge in [-0.05, 0) is 24.1 Å². The summed E-state index contributed by atoms with van der Waals surface area (Å²) in [5.74, 6) is 4.85. The van der Waals surface area contributed by atoms with Crippen LogP contribution in [-0.4, -0.2) is 5.75 Å². The molecule has 2 aromatic carbocycles. The highest BCUT2D eigenvalue weighted by Gasteiger charge is 2.32. The number of nitrogens with two attached hydrogens (primary N) is 1. The third kappa shape index (κ3) is 2.46. The lowest BCUT2D eigenvalue weighted by molar-refractivity contribution is 0.434. The first-order valence-electron chi connectivity index (χ1n) is 6.76. The molecule has 2 atom stereocenters. The number of aryl methyl sites for hydroxylation is 1. The molecule has 1 aliphatic heterocycles. The fraction of sp³-hybridized carbons (Fsp3) is 0.250. The largest absolute Gasteiger partial charge is 0.271 e. The zero-order valence-corrected chi connectivity index (χ0v) is 12.4. The Morgan fingerprint density at radius 2 is 1.95 bits per heavy atom. The molecule has 1 aliphatic rings. The molecule has 0 bridgehead atoms. The normalized spacial score (nSPS) is 18.6. The lowest BCUT2D eigenvalue weighted by atomic mass is 9.88. The summed E-state index contributed by atoms with van der Waals surface area (Å²) in [4.78, 5) is 1.18. The van der Waals surface area contributed by atoms with Crippen LogP contribution in [0.2, 0.25) is 0 Å². The van der Waals surface area contributed by atoms with E-state index in [4.69, 9.17) is 5.84 Å². The van der Waals surface area contributed by atoms with E-state index in [1.807, 2.05) is 24.3 Å². The minimum absolute atomic E-state index is 0.0211. The summed E-state index contributed by atoms with van der Waals surface area (Å²) >= 11 is 1.72. The maximum absolute atomic E-state index is 14.3. The van der Waals surface area contributed by atoms with E-state index < -0.39 is 17.7 Å².